The number of aromatic nitrogens is 1. The number of hydrogen-bond donors (Lipinski definition) is 1. The molecule has 106 valence electrons. The zero-order chi connectivity index (χ0) is 15.5. The number of hydrogen-bond acceptors (Lipinski definition) is 2. The Hall–Kier alpha value is -3.19. The van der Waals surface area contributed by atoms with Crippen LogP contribution in [0, 0.1) is 17.1 Å². The van der Waals surface area contributed by atoms with Crippen molar-refractivity contribution in [1.29, 1.82) is 5.26 Å². The Labute approximate surface area is 126 Å². The normalized spacial score (nSPS) is 10.2. The van der Waals surface area contributed by atoms with E-state index >= 15 is 0 Å². The highest BCUT2D eigenvalue weighted by atomic mass is 19.1. The third-order valence-electron chi connectivity index (χ3n) is 3.37. The van der Waals surface area contributed by atoms with E-state index in [1.54, 1.807) is 18.2 Å². The van der Waals surface area contributed by atoms with Crippen molar-refractivity contribution >= 4 is 0 Å². The number of rotatable bonds is 2. The summed E-state index contributed by atoms with van der Waals surface area (Å²) in [6.07, 6.45) is 0. The molecule has 3 aromatic rings. The van der Waals surface area contributed by atoms with Gasteiger partial charge in [-0.2, -0.15) is 5.26 Å². The van der Waals surface area contributed by atoms with Gasteiger partial charge in [0.2, 0.25) is 0 Å². The highest BCUT2D eigenvalue weighted by Gasteiger charge is 2.12. The Kier molecular flexibility index (Phi) is 3.55. The van der Waals surface area contributed by atoms with E-state index in [2.05, 4.69) is 4.98 Å². The maximum Gasteiger partial charge on any atom is 0.266 e. The summed E-state index contributed by atoms with van der Waals surface area (Å²) in [5.41, 5.74) is 1.82. The van der Waals surface area contributed by atoms with Gasteiger partial charge in [0, 0.05) is 11.3 Å². The molecule has 22 heavy (non-hydrogen) atoms. The van der Waals surface area contributed by atoms with Gasteiger partial charge in [0.05, 0.1) is 0 Å². The molecule has 0 aliphatic carbocycles. The lowest BCUT2D eigenvalue weighted by Crippen LogP contribution is -2.12. The molecule has 0 aliphatic heterocycles. The van der Waals surface area contributed by atoms with Crippen LogP contribution in [0.2, 0.25) is 0 Å². The van der Waals surface area contributed by atoms with E-state index < -0.39 is 11.4 Å². The van der Waals surface area contributed by atoms with E-state index in [9.17, 15) is 14.4 Å². The fourth-order valence-corrected chi connectivity index (χ4v) is 2.33. The van der Waals surface area contributed by atoms with Gasteiger partial charge in [0.15, 0.2) is 0 Å². The predicted octanol–water partition coefficient (Wildman–Crippen LogP) is 3.72. The van der Waals surface area contributed by atoms with E-state index in [4.69, 9.17) is 0 Å². The highest BCUT2D eigenvalue weighted by Crippen LogP contribution is 2.26. The number of pyridine rings is 1. The third-order valence-corrected chi connectivity index (χ3v) is 3.37. The summed E-state index contributed by atoms with van der Waals surface area (Å²) in [6, 6.07) is 18.7. The summed E-state index contributed by atoms with van der Waals surface area (Å²) in [6.45, 7) is 0. The van der Waals surface area contributed by atoms with Gasteiger partial charge >= 0.3 is 0 Å². The number of halogens is 1. The Morgan fingerprint density at radius 2 is 1.68 bits per heavy atom. The van der Waals surface area contributed by atoms with Crippen molar-refractivity contribution in [3.8, 4) is 28.5 Å². The summed E-state index contributed by atoms with van der Waals surface area (Å²) in [5.74, 6) is -0.414. The van der Waals surface area contributed by atoms with Crippen LogP contribution in [0.3, 0.4) is 0 Å². The van der Waals surface area contributed by atoms with Crippen LogP contribution in [0.15, 0.2) is 65.5 Å². The van der Waals surface area contributed by atoms with Gasteiger partial charge < -0.3 is 4.98 Å². The first-order valence-corrected chi connectivity index (χ1v) is 6.68. The zero-order valence-corrected chi connectivity index (χ0v) is 11.5. The molecule has 0 unspecified atom stereocenters. The maximum atomic E-state index is 13.4. The molecule has 0 atom stereocenters. The third kappa shape index (κ3) is 2.52. The Morgan fingerprint density at radius 3 is 2.36 bits per heavy atom. The first-order valence-electron chi connectivity index (χ1n) is 6.68. The van der Waals surface area contributed by atoms with Crippen LogP contribution in [-0.2, 0) is 0 Å². The molecule has 1 N–H and O–H groups in total. The minimum absolute atomic E-state index is 0.0229. The Morgan fingerprint density at radius 1 is 0.955 bits per heavy atom. The van der Waals surface area contributed by atoms with E-state index in [0.717, 1.165) is 5.56 Å². The van der Waals surface area contributed by atoms with Crippen molar-refractivity contribution in [2.75, 3.05) is 0 Å². The number of nitrogens with one attached hydrogen (secondary N) is 1. The second-order valence-corrected chi connectivity index (χ2v) is 4.79. The lowest BCUT2D eigenvalue weighted by Gasteiger charge is -2.08. The Balaban J connectivity index is 2.27. The van der Waals surface area contributed by atoms with Crippen molar-refractivity contribution in [1.82, 2.24) is 4.98 Å². The molecule has 0 fully saturated rings. The van der Waals surface area contributed by atoms with Crippen molar-refractivity contribution in [2.24, 2.45) is 0 Å². The summed E-state index contributed by atoms with van der Waals surface area (Å²) < 4.78 is 13.4. The molecule has 1 heterocycles. The molecule has 3 nitrogen and oxygen atoms in total. The monoisotopic (exact) mass is 290 g/mol. The molecule has 0 radical (unpaired) electrons. The van der Waals surface area contributed by atoms with Crippen LogP contribution >= 0.6 is 0 Å². The first-order chi connectivity index (χ1) is 10.7. The molecule has 0 spiro atoms. The van der Waals surface area contributed by atoms with E-state index in [0.29, 0.717) is 16.8 Å². The largest absolute Gasteiger partial charge is 0.321 e. The average Bonchev–Trinajstić information content (AvgIpc) is 2.55. The second-order valence-electron chi connectivity index (χ2n) is 4.79. The number of nitrogens with zero attached hydrogens (tertiary/aromatic N) is 1. The maximum absolute atomic E-state index is 13.4. The summed E-state index contributed by atoms with van der Waals surface area (Å²) in [7, 11) is 0. The van der Waals surface area contributed by atoms with Crippen molar-refractivity contribution < 1.29 is 4.39 Å². The van der Waals surface area contributed by atoms with Crippen LogP contribution in [0.1, 0.15) is 5.56 Å². The molecule has 3 rings (SSSR count). The van der Waals surface area contributed by atoms with Crippen molar-refractivity contribution in [3.05, 3.63) is 82.4 Å². The summed E-state index contributed by atoms with van der Waals surface area (Å²) >= 11 is 0. The number of aromatic amines is 1. The standard InChI is InChI=1S/C18H11FN2O/c19-14-8-4-7-13(9-14)15-10-17(12-5-2-1-3-6-12)21-18(22)16(15)11-20/h1-10H,(H,21,22). The van der Waals surface area contributed by atoms with E-state index in [1.165, 1.54) is 12.1 Å². The number of nitriles is 1. The minimum Gasteiger partial charge on any atom is -0.321 e. The lowest BCUT2D eigenvalue weighted by molar-refractivity contribution is 0.628. The highest BCUT2D eigenvalue weighted by molar-refractivity contribution is 5.75. The van der Waals surface area contributed by atoms with E-state index in [-0.39, 0.29) is 5.56 Å². The summed E-state index contributed by atoms with van der Waals surface area (Å²) in [5, 5.41) is 9.23. The van der Waals surface area contributed by atoms with Gasteiger partial charge in [-0.25, -0.2) is 4.39 Å². The second kappa shape index (κ2) is 5.66. The van der Waals surface area contributed by atoms with Crippen LogP contribution in [-0.4, -0.2) is 4.98 Å². The quantitative estimate of drug-likeness (QED) is 0.782. The molecule has 0 bridgehead atoms. The summed E-state index contributed by atoms with van der Waals surface area (Å²) in [4.78, 5) is 14.8. The van der Waals surface area contributed by atoms with Crippen molar-refractivity contribution in [2.45, 2.75) is 0 Å². The van der Waals surface area contributed by atoms with Crippen LogP contribution < -0.4 is 5.56 Å². The average molecular weight is 290 g/mol. The molecular weight excluding hydrogens is 279 g/mol. The van der Waals surface area contributed by atoms with E-state index in [1.807, 2.05) is 36.4 Å². The zero-order valence-electron chi connectivity index (χ0n) is 11.5. The molecule has 1 aromatic heterocycles. The first kappa shape index (κ1) is 13.8. The lowest BCUT2D eigenvalue weighted by atomic mass is 9.99. The van der Waals surface area contributed by atoms with Crippen LogP contribution in [0.4, 0.5) is 4.39 Å². The topological polar surface area (TPSA) is 56.6 Å². The fraction of sp³-hybridized carbons (Fsp3) is 0. The molecule has 2 aromatic carbocycles. The van der Waals surface area contributed by atoms with Gasteiger partial charge in [0.1, 0.15) is 17.4 Å². The SMILES string of the molecule is N#Cc1c(-c2cccc(F)c2)cc(-c2ccccc2)[nH]c1=O. The predicted molar refractivity (Wildman–Crippen MR) is 82.6 cm³/mol. The molecule has 0 saturated heterocycles. The minimum atomic E-state index is -0.483. The molecule has 4 heteroatoms. The van der Waals surface area contributed by atoms with Gasteiger partial charge in [-0.05, 0) is 29.3 Å². The van der Waals surface area contributed by atoms with Gasteiger partial charge in [-0.15, -0.1) is 0 Å². The molecule has 0 aliphatic rings. The fourth-order valence-electron chi connectivity index (χ4n) is 2.33. The molecular formula is C18H11FN2O. The van der Waals surface area contributed by atoms with Crippen LogP contribution in [0.25, 0.3) is 22.4 Å². The molecule has 0 saturated carbocycles. The molecule has 0 amide bonds. The van der Waals surface area contributed by atoms with Gasteiger partial charge in [0.25, 0.3) is 5.56 Å². The van der Waals surface area contributed by atoms with Gasteiger partial charge in [-0.3, -0.25) is 4.79 Å². The number of benzene rings is 2. The Bertz CT molecular complexity index is 924. The van der Waals surface area contributed by atoms with Crippen molar-refractivity contribution in [3.63, 3.8) is 0 Å². The number of H-pyrrole nitrogens is 1. The smallest absolute Gasteiger partial charge is 0.266 e. The van der Waals surface area contributed by atoms with Crippen LogP contribution in [0.5, 0.6) is 0 Å². The van der Waals surface area contributed by atoms with Gasteiger partial charge in [-0.1, -0.05) is 42.5 Å².